The van der Waals surface area contributed by atoms with Crippen LogP contribution in [0, 0.1) is 5.82 Å². The smallest absolute Gasteiger partial charge is 0.123 e. The van der Waals surface area contributed by atoms with E-state index in [0.29, 0.717) is 18.6 Å². The minimum absolute atomic E-state index is 0.154. The van der Waals surface area contributed by atoms with Gasteiger partial charge in [-0.25, -0.2) is 4.39 Å². The zero-order valence-electron chi connectivity index (χ0n) is 10.2. The molecule has 17 heavy (non-hydrogen) atoms. The maximum Gasteiger partial charge on any atom is 0.123 e. The van der Waals surface area contributed by atoms with Gasteiger partial charge >= 0.3 is 0 Å². The molecule has 1 aromatic rings. The standard InChI is InChI=1S/C14H18FNO/c1-16-6-2-3-12(16)7-10-9-17-14-5-4-11(15)8-13(10)14/h4-5,8,10,12H,2-3,6-7,9H2,1H3/t10-,12+/m0/s1. The Morgan fingerprint density at radius 1 is 1.47 bits per heavy atom. The molecule has 0 spiro atoms. The first-order valence-corrected chi connectivity index (χ1v) is 6.36. The third kappa shape index (κ3) is 2.04. The summed E-state index contributed by atoms with van der Waals surface area (Å²) in [6.07, 6.45) is 3.63. The van der Waals surface area contributed by atoms with Crippen LogP contribution in [-0.2, 0) is 0 Å². The van der Waals surface area contributed by atoms with Crippen molar-refractivity contribution in [3.8, 4) is 5.75 Å². The zero-order chi connectivity index (χ0) is 11.8. The van der Waals surface area contributed by atoms with Gasteiger partial charge in [0.15, 0.2) is 0 Å². The first-order valence-electron chi connectivity index (χ1n) is 6.36. The molecule has 0 aliphatic carbocycles. The molecule has 92 valence electrons. The van der Waals surface area contributed by atoms with E-state index in [0.717, 1.165) is 17.7 Å². The summed E-state index contributed by atoms with van der Waals surface area (Å²) in [6, 6.07) is 5.51. The van der Waals surface area contributed by atoms with Gasteiger partial charge in [-0.2, -0.15) is 0 Å². The van der Waals surface area contributed by atoms with Crippen molar-refractivity contribution in [3.63, 3.8) is 0 Å². The van der Waals surface area contributed by atoms with Gasteiger partial charge in [0, 0.05) is 17.5 Å². The first kappa shape index (κ1) is 11.0. The second-order valence-electron chi connectivity index (χ2n) is 5.20. The molecule has 2 nitrogen and oxygen atoms in total. The van der Waals surface area contributed by atoms with E-state index in [1.807, 2.05) is 0 Å². The van der Waals surface area contributed by atoms with Gasteiger partial charge in [0.1, 0.15) is 11.6 Å². The molecule has 1 saturated heterocycles. The molecule has 1 aromatic carbocycles. The summed E-state index contributed by atoms with van der Waals surface area (Å²) in [5, 5.41) is 0. The average molecular weight is 235 g/mol. The van der Waals surface area contributed by atoms with E-state index in [4.69, 9.17) is 4.74 Å². The molecule has 0 bridgehead atoms. The lowest BCUT2D eigenvalue weighted by molar-refractivity contribution is 0.257. The number of likely N-dealkylation sites (tertiary alicyclic amines) is 1. The number of hydrogen-bond acceptors (Lipinski definition) is 2. The Kier molecular flexibility index (Phi) is 2.79. The molecule has 2 atom stereocenters. The van der Waals surface area contributed by atoms with E-state index in [2.05, 4.69) is 11.9 Å². The zero-order valence-corrected chi connectivity index (χ0v) is 10.2. The van der Waals surface area contributed by atoms with E-state index in [-0.39, 0.29) is 5.82 Å². The molecular formula is C14H18FNO. The topological polar surface area (TPSA) is 12.5 Å². The van der Waals surface area contributed by atoms with Crippen molar-refractivity contribution in [2.75, 3.05) is 20.2 Å². The Bertz CT molecular complexity index is 421. The van der Waals surface area contributed by atoms with Gasteiger partial charge in [0.25, 0.3) is 0 Å². The highest BCUT2D eigenvalue weighted by Crippen LogP contribution is 2.38. The van der Waals surface area contributed by atoms with E-state index >= 15 is 0 Å². The summed E-state index contributed by atoms with van der Waals surface area (Å²) in [5.74, 6) is 1.09. The van der Waals surface area contributed by atoms with Gasteiger partial charge in [-0.05, 0) is 51.1 Å². The summed E-state index contributed by atoms with van der Waals surface area (Å²) >= 11 is 0. The number of benzene rings is 1. The van der Waals surface area contributed by atoms with Crippen molar-refractivity contribution in [2.45, 2.75) is 31.2 Å². The SMILES string of the molecule is CN1CCC[C@@H]1C[C@H]1COc2ccc(F)cc21. The van der Waals surface area contributed by atoms with Gasteiger partial charge in [-0.15, -0.1) is 0 Å². The van der Waals surface area contributed by atoms with Crippen LogP contribution in [0.4, 0.5) is 4.39 Å². The Labute approximate surface area is 101 Å². The molecule has 3 rings (SSSR count). The third-order valence-electron chi connectivity index (χ3n) is 4.08. The fraction of sp³-hybridized carbons (Fsp3) is 0.571. The van der Waals surface area contributed by atoms with Crippen LogP contribution in [-0.4, -0.2) is 31.1 Å². The van der Waals surface area contributed by atoms with E-state index < -0.39 is 0 Å². The highest BCUT2D eigenvalue weighted by molar-refractivity contribution is 5.40. The number of fused-ring (bicyclic) bond motifs is 1. The molecule has 3 heteroatoms. The number of halogens is 1. The maximum absolute atomic E-state index is 13.3. The summed E-state index contributed by atoms with van der Waals surface area (Å²) < 4.78 is 18.9. The second-order valence-corrected chi connectivity index (χ2v) is 5.20. The van der Waals surface area contributed by atoms with E-state index in [9.17, 15) is 4.39 Å². The fourth-order valence-corrected chi connectivity index (χ4v) is 3.05. The quantitative estimate of drug-likeness (QED) is 0.781. The van der Waals surface area contributed by atoms with Crippen LogP contribution < -0.4 is 4.74 Å². The highest BCUT2D eigenvalue weighted by Gasteiger charge is 2.30. The van der Waals surface area contributed by atoms with Gasteiger partial charge in [0.05, 0.1) is 6.61 Å². The molecule has 2 aliphatic rings. The highest BCUT2D eigenvalue weighted by atomic mass is 19.1. The average Bonchev–Trinajstić information content (AvgIpc) is 2.88. The van der Waals surface area contributed by atoms with Crippen LogP contribution in [0.2, 0.25) is 0 Å². The van der Waals surface area contributed by atoms with Crippen LogP contribution >= 0.6 is 0 Å². The Morgan fingerprint density at radius 2 is 2.35 bits per heavy atom. The van der Waals surface area contributed by atoms with Gasteiger partial charge < -0.3 is 9.64 Å². The lowest BCUT2D eigenvalue weighted by Crippen LogP contribution is -2.27. The largest absolute Gasteiger partial charge is 0.493 e. The molecule has 0 unspecified atom stereocenters. The van der Waals surface area contributed by atoms with Crippen LogP contribution in [0.3, 0.4) is 0 Å². The molecular weight excluding hydrogens is 217 g/mol. The van der Waals surface area contributed by atoms with Crippen molar-refractivity contribution >= 4 is 0 Å². The molecule has 0 saturated carbocycles. The van der Waals surface area contributed by atoms with E-state index in [1.54, 1.807) is 12.1 Å². The van der Waals surface area contributed by atoms with Crippen molar-refractivity contribution in [1.82, 2.24) is 4.90 Å². The predicted molar refractivity (Wildman–Crippen MR) is 64.9 cm³/mol. The predicted octanol–water partition coefficient (Wildman–Crippen LogP) is 2.79. The first-order chi connectivity index (χ1) is 8.24. The van der Waals surface area contributed by atoms with Crippen molar-refractivity contribution in [1.29, 1.82) is 0 Å². The number of nitrogens with zero attached hydrogens (tertiary/aromatic N) is 1. The monoisotopic (exact) mass is 235 g/mol. The van der Waals surface area contributed by atoms with E-state index in [1.165, 1.54) is 25.5 Å². The van der Waals surface area contributed by atoms with Crippen LogP contribution in [0.25, 0.3) is 0 Å². The Morgan fingerprint density at radius 3 is 3.12 bits per heavy atom. The lowest BCUT2D eigenvalue weighted by atomic mass is 9.93. The molecule has 2 heterocycles. The molecule has 0 N–H and O–H groups in total. The molecule has 0 amide bonds. The third-order valence-corrected chi connectivity index (χ3v) is 4.08. The minimum Gasteiger partial charge on any atom is -0.493 e. The number of ether oxygens (including phenoxy) is 1. The summed E-state index contributed by atoms with van der Waals surface area (Å²) in [7, 11) is 2.18. The van der Waals surface area contributed by atoms with Crippen molar-refractivity contribution < 1.29 is 9.13 Å². The molecule has 0 radical (unpaired) electrons. The molecule has 0 aromatic heterocycles. The lowest BCUT2D eigenvalue weighted by Gasteiger charge is -2.22. The summed E-state index contributed by atoms with van der Waals surface area (Å²) in [4.78, 5) is 2.41. The number of hydrogen-bond donors (Lipinski definition) is 0. The van der Waals surface area contributed by atoms with Gasteiger partial charge in [0.2, 0.25) is 0 Å². The second kappa shape index (κ2) is 4.30. The molecule has 2 aliphatic heterocycles. The van der Waals surface area contributed by atoms with Crippen molar-refractivity contribution in [3.05, 3.63) is 29.6 Å². The maximum atomic E-state index is 13.3. The Balaban J connectivity index is 1.76. The fourth-order valence-electron chi connectivity index (χ4n) is 3.05. The summed E-state index contributed by atoms with van der Waals surface area (Å²) in [6.45, 7) is 1.90. The van der Waals surface area contributed by atoms with Gasteiger partial charge in [-0.1, -0.05) is 0 Å². The molecule has 1 fully saturated rings. The van der Waals surface area contributed by atoms with Crippen LogP contribution in [0.5, 0.6) is 5.75 Å². The summed E-state index contributed by atoms with van der Waals surface area (Å²) in [5.41, 5.74) is 1.06. The van der Waals surface area contributed by atoms with Crippen molar-refractivity contribution in [2.24, 2.45) is 0 Å². The van der Waals surface area contributed by atoms with Crippen LogP contribution in [0.15, 0.2) is 18.2 Å². The van der Waals surface area contributed by atoms with Gasteiger partial charge in [-0.3, -0.25) is 0 Å². The Hall–Kier alpha value is -1.09. The normalized spacial score (nSPS) is 28.1. The number of rotatable bonds is 2. The van der Waals surface area contributed by atoms with Crippen LogP contribution in [0.1, 0.15) is 30.7 Å². The minimum atomic E-state index is -0.154.